The number of aromatic nitrogens is 1. The summed E-state index contributed by atoms with van der Waals surface area (Å²) in [5, 5.41) is 3.55. The summed E-state index contributed by atoms with van der Waals surface area (Å²) in [5.74, 6) is 2.16. The number of nitrogens with one attached hydrogen (secondary N) is 1. The second-order valence-electron chi connectivity index (χ2n) is 5.79. The number of hydrogen-bond donors (Lipinski definition) is 1. The van der Waals surface area contributed by atoms with E-state index >= 15 is 0 Å². The van der Waals surface area contributed by atoms with Crippen molar-refractivity contribution in [2.24, 2.45) is 5.92 Å². The van der Waals surface area contributed by atoms with Crippen LogP contribution in [-0.4, -0.2) is 24.2 Å². The average molecular weight is 286 g/mol. The Labute approximate surface area is 125 Å². The predicted octanol–water partition coefficient (Wildman–Crippen LogP) is 3.80. The largest absolute Gasteiger partial charge is 0.441 e. The lowest BCUT2D eigenvalue weighted by Gasteiger charge is -2.20. The molecule has 2 unspecified atom stereocenters. The molecule has 0 radical (unpaired) electrons. The third-order valence-electron chi connectivity index (χ3n) is 4.23. The zero-order valence-corrected chi connectivity index (χ0v) is 12.8. The maximum Gasteiger partial charge on any atom is 0.226 e. The zero-order valence-electron chi connectivity index (χ0n) is 12.8. The monoisotopic (exact) mass is 286 g/mol. The molecule has 3 rings (SSSR count). The van der Waals surface area contributed by atoms with Crippen LogP contribution in [0.1, 0.15) is 24.8 Å². The molecular formula is C17H22N2O2. The molecule has 2 heterocycles. The molecule has 0 bridgehead atoms. The van der Waals surface area contributed by atoms with Crippen LogP contribution in [0.15, 0.2) is 28.7 Å². The topological polar surface area (TPSA) is 47.3 Å². The SMILES string of the molecule is Cc1nc(-c2ccc(NC(C)C3CCOC3)cc2)oc1C. The molecule has 4 nitrogen and oxygen atoms in total. The fourth-order valence-electron chi connectivity index (χ4n) is 2.63. The van der Waals surface area contributed by atoms with E-state index in [4.69, 9.17) is 9.15 Å². The van der Waals surface area contributed by atoms with Gasteiger partial charge in [-0.1, -0.05) is 0 Å². The molecule has 0 aliphatic carbocycles. The Kier molecular flexibility index (Phi) is 3.97. The van der Waals surface area contributed by atoms with E-state index in [9.17, 15) is 0 Å². The van der Waals surface area contributed by atoms with E-state index in [0.717, 1.165) is 42.3 Å². The van der Waals surface area contributed by atoms with Gasteiger partial charge in [0.25, 0.3) is 0 Å². The Bertz CT molecular complexity index is 578. The summed E-state index contributed by atoms with van der Waals surface area (Å²) >= 11 is 0. The van der Waals surface area contributed by atoms with Crippen LogP contribution in [0.5, 0.6) is 0 Å². The number of rotatable bonds is 4. The number of hydrogen-bond acceptors (Lipinski definition) is 4. The van der Waals surface area contributed by atoms with Crippen molar-refractivity contribution >= 4 is 5.69 Å². The van der Waals surface area contributed by atoms with Gasteiger partial charge in [0.2, 0.25) is 5.89 Å². The average Bonchev–Trinajstić information content (AvgIpc) is 3.11. The third kappa shape index (κ3) is 3.10. The van der Waals surface area contributed by atoms with Gasteiger partial charge < -0.3 is 14.5 Å². The van der Waals surface area contributed by atoms with Crippen LogP contribution in [0, 0.1) is 19.8 Å². The number of nitrogens with zero attached hydrogens (tertiary/aromatic N) is 1. The van der Waals surface area contributed by atoms with E-state index in [1.807, 2.05) is 26.0 Å². The first-order valence-electron chi connectivity index (χ1n) is 7.52. The Balaban J connectivity index is 1.68. The highest BCUT2D eigenvalue weighted by Crippen LogP contribution is 2.24. The molecule has 1 aliphatic heterocycles. The first kappa shape index (κ1) is 14.1. The number of aryl methyl sites for hydroxylation is 2. The van der Waals surface area contributed by atoms with Crippen molar-refractivity contribution in [3.8, 4) is 11.5 Å². The third-order valence-corrected chi connectivity index (χ3v) is 4.23. The minimum absolute atomic E-state index is 0.421. The van der Waals surface area contributed by atoms with Crippen LogP contribution < -0.4 is 5.32 Å². The summed E-state index contributed by atoms with van der Waals surface area (Å²) in [5.41, 5.74) is 3.08. The molecule has 1 saturated heterocycles. The fourth-order valence-corrected chi connectivity index (χ4v) is 2.63. The number of benzene rings is 1. The van der Waals surface area contributed by atoms with E-state index in [1.165, 1.54) is 0 Å². The van der Waals surface area contributed by atoms with Crippen molar-refractivity contribution in [3.05, 3.63) is 35.7 Å². The van der Waals surface area contributed by atoms with Crippen LogP contribution in [0.25, 0.3) is 11.5 Å². The lowest BCUT2D eigenvalue weighted by atomic mass is 10.0. The highest BCUT2D eigenvalue weighted by atomic mass is 16.5. The lowest BCUT2D eigenvalue weighted by Crippen LogP contribution is -2.25. The molecule has 21 heavy (non-hydrogen) atoms. The summed E-state index contributed by atoms with van der Waals surface area (Å²) in [6.07, 6.45) is 1.14. The van der Waals surface area contributed by atoms with Crippen molar-refractivity contribution in [1.29, 1.82) is 0 Å². The van der Waals surface area contributed by atoms with Crippen LogP contribution >= 0.6 is 0 Å². The molecule has 1 aromatic heterocycles. The van der Waals surface area contributed by atoms with Gasteiger partial charge in [0.05, 0.1) is 12.3 Å². The van der Waals surface area contributed by atoms with E-state index < -0.39 is 0 Å². The Morgan fingerprint density at radius 1 is 1.24 bits per heavy atom. The van der Waals surface area contributed by atoms with Crippen LogP contribution in [-0.2, 0) is 4.74 Å². The molecule has 1 fully saturated rings. The Morgan fingerprint density at radius 3 is 2.57 bits per heavy atom. The van der Waals surface area contributed by atoms with Crippen molar-refractivity contribution in [1.82, 2.24) is 4.98 Å². The van der Waals surface area contributed by atoms with Gasteiger partial charge >= 0.3 is 0 Å². The molecule has 4 heteroatoms. The van der Waals surface area contributed by atoms with Gasteiger partial charge in [-0.2, -0.15) is 0 Å². The van der Waals surface area contributed by atoms with Gasteiger partial charge in [0.15, 0.2) is 0 Å². The highest BCUT2D eigenvalue weighted by Gasteiger charge is 2.22. The van der Waals surface area contributed by atoms with Crippen molar-refractivity contribution in [2.45, 2.75) is 33.2 Å². The summed E-state index contributed by atoms with van der Waals surface area (Å²) in [4.78, 5) is 4.43. The summed E-state index contributed by atoms with van der Waals surface area (Å²) in [7, 11) is 0. The number of oxazole rings is 1. The second-order valence-corrected chi connectivity index (χ2v) is 5.79. The molecular weight excluding hydrogens is 264 g/mol. The molecule has 1 aliphatic rings. The molecule has 0 saturated carbocycles. The summed E-state index contributed by atoms with van der Waals surface area (Å²) < 4.78 is 11.1. The standard InChI is InChI=1S/C17H22N2O2/c1-11-13(3)21-17(19-11)14-4-6-16(7-5-14)18-12(2)15-8-9-20-10-15/h4-7,12,15,18H,8-10H2,1-3H3. The summed E-state index contributed by atoms with van der Waals surface area (Å²) in [6, 6.07) is 8.67. The number of anilines is 1. The molecule has 0 amide bonds. The van der Waals surface area contributed by atoms with Gasteiger partial charge in [0, 0.05) is 29.8 Å². The Morgan fingerprint density at radius 2 is 2.00 bits per heavy atom. The maximum atomic E-state index is 5.65. The lowest BCUT2D eigenvalue weighted by molar-refractivity contribution is 0.183. The van der Waals surface area contributed by atoms with Crippen LogP contribution in [0.4, 0.5) is 5.69 Å². The van der Waals surface area contributed by atoms with E-state index in [1.54, 1.807) is 0 Å². The van der Waals surface area contributed by atoms with Crippen LogP contribution in [0.3, 0.4) is 0 Å². The molecule has 1 aromatic carbocycles. The normalized spacial score (nSPS) is 19.7. The minimum Gasteiger partial charge on any atom is -0.441 e. The quantitative estimate of drug-likeness (QED) is 0.928. The minimum atomic E-state index is 0.421. The van der Waals surface area contributed by atoms with E-state index in [0.29, 0.717) is 17.9 Å². The fraction of sp³-hybridized carbons (Fsp3) is 0.471. The molecule has 112 valence electrons. The maximum absolute atomic E-state index is 5.65. The van der Waals surface area contributed by atoms with Crippen molar-refractivity contribution < 1.29 is 9.15 Å². The van der Waals surface area contributed by atoms with Gasteiger partial charge in [0.1, 0.15) is 5.76 Å². The van der Waals surface area contributed by atoms with Crippen molar-refractivity contribution in [2.75, 3.05) is 18.5 Å². The smallest absolute Gasteiger partial charge is 0.226 e. The molecule has 0 spiro atoms. The Hall–Kier alpha value is -1.81. The molecule has 1 N–H and O–H groups in total. The predicted molar refractivity (Wildman–Crippen MR) is 83.4 cm³/mol. The molecule has 2 atom stereocenters. The number of ether oxygens (including phenoxy) is 1. The van der Waals surface area contributed by atoms with Gasteiger partial charge in [-0.15, -0.1) is 0 Å². The molecule has 2 aromatic rings. The van der Waals surface area contributed by atoms with Crippen molar-refractivity contribution in [3.63, 3.8) is 0 Å². The second kappa shape index (κ2) is 5.90. The van der Waals surface area contributed by atoms with Gasteiger partial charge in [-0.05, 0) is 51.5 Å². The van der Waals surface area contributed by atoms with Gasteiger partial charge in [-0.25, -0.2) is 4.98 Å². The zero-order chi connectivity index (χ0) is 14.8. The summed E-state index contributed by atoms with van der Waals surface area (Å²) in [6.45, 7) is 7.87. The first-order chi connectivity index (χ1) is 10.1. The highest BCUT2D eigenvalue weighted by molar-refractivity contribution is 5.59. The first-order valence-corrected chi connectivity index (χ1v) is 7.52. The van der Waals surface area contributed by atoms with E-state index in [2.05, 4.69) is 29.4 Å². The van der Waals surface area contributed by atoms with Crippen LogP contribution in [0.2, 0.25) is 0 Å². The van der Waals surface area contributed by atoms with Gasteiger partial charge in [-0.3, -0.25) is 0 Å². The van der Waals surface area contributed by atoms with E-state index in [-0.39, 0.29) is 0 Å².